The highest BCUT2D eigenvalue weighted by Gasteiger charge is 2.47. The van der Waals surface area contributed by atoms with Gasteiger partial charge in [-0.15, -0.1) is 0 Å². The van der Waals surface area contributed by atoms with E-state index in [2.05, 4.69) is 48.5 Å². The first kappa shape index (κ1) is 32.8. The van der Waals surface area contributed by atoms with Gasteiger partial charge in [0, 0.05) is 5.92 Å². The highest BCUT2D eigenvalue weighted by atomic mass is 16.5. The number of carboxylic acid groups (broad SMARTS) is 1. The molecule has 0 aromatic heterocycles. The van der Waals surface area contributed by atoms with Gasteiger partial charge in [0.25, 0.3) is 0 Å². The molecule has 0 aromatic carbocycles. The lowest BCUT2D eigenvalue weighted by molar-refractivity contribution is -0.169. The van der Waals surface area contributed by atoms with Crippen molar-refractivity contribution in [3.05, 3.63) is 11.1 Å². The number of ether oxygens (including phenoxy) is 2. The average Bonchev–Trinajstić information content (AvgIpc) is 2.83. The molecule has 38 heavy (non-hydrogen) atoms. The molecular formula is C33H58O5. The Morgan fingerprint density at radius 2 is 1.53 bits per heavy atom. The molecule has 1 saturated heterocycles. The van der Waals surface area contributed by atoms with Gasteiger partial charge in [-0.3, -0.25) is 9.59 Å². The zero-order valence-electron chi connectivity index (χ0n) is 25.8. The largest absolute Gasteiger partial charge is 0.481 e. The van der Waals surface area contributed by atoms with E-state index in [0.29, 0.717) is 5.92 Å². The average molecular weight is 535 g/mol. The molecule has 2 rings (SSSR count). The van der Waals surface area contributed by atoms with Crippen LogP contribution in [0, 0.1) is 29.6 Å². The van der Waals surface area contributed by atoms with Gasteiger partial charge in [0.1, 0.15) is 6.10 Å². The molecule has 1 aliphatic carbocycles. The molecule has 0 radical (unpaired) electrons. The van der Waals surface area contributed by atoms with Crippen LogP contribution in [0.5, 0.6) is 0 Å². The van der Waals surface area contributed by atoms with E-state index in [1.165, 1.54) is 56.9 Å². The third-order valence-corrected chi connectivity index (χ3v) is 9.51. The van der Waals surface area contributed by atoms with E-state index in [1.807, 2.05) is 6.92 Å². The van der Waals surface area contributed by atoms with Gasteiger partial charge in [-0.2, -0.15) is 0 Å². The van der Waals surface area contributed by atoms with Crippen LogP contribution >= 0.6 is 0 Å². The Morgan fingerprint density at radius 3 is 2.11 bits per heavy atom. The lowest BCUT2D eigenvalue weighted by Crippen LogP contribution is -2.51. The molecule has 5 heteroatoms. The van der Waals surface area contributed by atoms with Gasteiger partial charge in [-0.25, -0.2) is 0 Å². The van der Waals surface area contributed by atoms with E-state index in [4.69, 9.17) is 14.6 Å². The second-order valence-electron chi connectivity index (χ2n) is 13.6. The summed E-state index contributed by atoms with van der Waals surface area (Å²) in [5.41, 5.74) is 2.16. The molecule has 1 heterocycles. The smallest absolute Gasteiger partial charge is 0.306 e. The molecule has 0 saturated carbocycles. The number of hydrogen-bond acceptors (Lipinski definition) is 4. The first-order valence-corrected chi connectivity index (χ1v) is 15.6. The van der Waals surface area contributed by atoms with E-state index < -0.39 is 11.9 Å². The van der Waals surface area contributed by atoms with Crippen molar-refractivity contribution in [1.82, 2.24) is 0 Å². The minimum Gasteiger partial charge on any atom is -0.481 e. The molecule has 0 spiro atoms. The highest BCUT2D eigenvalue weighted by molar-refractivity contribution is 5.76. The maximum absolute atomic E-state index is 12.3. The molecule has 0 amide bonds. The molecule has 2 aliphatic rings. The van der Waals surface area contributed by atoms with Gasteiger partial charge in [0.15, 0.2) is 0 Å². The van der Waals surface area contributed by atoms with E-state index >= 15 is 0 Å². The second-order valence-corrected chi connectivity index (χ2v) is 13.6. The standard InChI is InChI=1S/C33H58O5/c1-22(2)12-9-13-23(3)14-10-15-24(4)16-11-20-33(8)21-19-28-27(7)31(25(5)26(6)32(28)38-33)37-30(36)18-17-29(34)35/h22-24,27-28,31-32H,9-21H2,1-8H3,(H,34,35). The van der Waals surface area contributed by atoms with Gasteiger partial charge < -0.3 is 14.6 Å². The first-order valence-electron chi connectivity index (χ1n) is 15.6. The number of carbonyl (C=O) groups is 2. The van der Waals surface area contributed by atoms with Gasteiger partial charge >= 0.3 is 11.9 Å². The lowest BCUT2D eigenvalue weighted by atomic mass is 9.68. The van der Waals surface area contributed by atoms with E-state index in [1.54, 1.807) is 0 Å². The zero-order chi connectivity index (χ0) is 28.5. The quantitative estimate of drug-likeness (QED) is 0.158. The van der Waals surface area contributed by atoms with Crippen LogP contribution < -0.4 is 0 Å². The Labute approximate surface area is 233 Å². The Bertz CT molecular complexity index is 786. The summed E-state index contributed by atoms with van der Waals surface area (Å²) in [7, 11) is 0. The van der Waals surface area contributed by atoms with Gasteiger partial charge in [-0.05, 0) is 74.9 Å². The molecular weight excluding hydrogens is 476 g/mol. The summed E-state index contributed by atoms with van der Waals surface area (Å²) in [4.78, 5) is 23.1. The van der Waals surface area contributed by atoms with Crippen LogP contribution in [0.1, 0.15) is 139 Å². The number of fused-ring (bicyclic) bond motifs is 1. The molecule has 0 aromatic rings. The van der Waals surface area contributed by atoms with Crippen molar-refractivity contribution in [1.29, 1.82) is 0 Å². The van der Waals surface area contributed by atoms with Crippen molar-refractivity contribution in [3.63, 3.8) is 0 Å². The fourth-order valence-corrected chi connectivity index (χ4v) is 6.68. The number of rotatable bonds is 16. The molecule has 1 N–H and O–H groups in total. The lowest BCUT2D eigenvalue weighted by Gasteiger charge is -2.50. The summed E-state index contributed by atoms with van der Waals surface area (Å²) in [6.45, 7) is 18.1. The first-order chi connectivity index (χ1) is 17.8. The number of esters is 1. The summed E-state index contributed by atoms with van der Waals surface area (Å²) in [6, 6.07) is 0. The Morgan fingerprint density at radius 1 is 0.947 bits per heavy atom. The number of aliphatic carboxylic acids is 1. The maximum atomic E-state index is 12.3. The summed E-state index contributed by atoms with van der Waals surface area (Å²) in [6.07, 6.45) is 13.4. The van der Waals surface area contributed by atoms with Gasteiger partial charge in [0.2, 0.25) is 0 Å². The topological polar surface area (TPSA) is 72.8 Å². The third-order valence-electron chi connectivity index (χ3n) is 9.51. The predicted octanol–water partition coefficient (Wildman–Crippen LogP) is 8.74. The Kier molecular flexibility index (Phi) is 13.3. The summed E-state index contributed by atoms with van der Waals surface area (Å²) in [5.74, 6) is 1.54. The summed E-state index contributed by atoms with van der Waals surface area (Å²) in [5, 5.41) is 8.87. The molecule has 220 valence electrons. The number of carboxylic acids is 1. The minimum absolute atomic E-state index is 0.0762. The van der Waals surface area contributed by atoms with Crippen LogP contribution in [-0.4, -0.2) is 34.9 Å². The third kappa shape index (κ3) is 10.3. The van der Waals surface area contributed by atoms with Crippen molar-refractivity contribution in [2.75, 3.05) is 0 Å². The Hall–Kier alpha value is -1.36. The van der Waals surface area contributed by atoms with Crippen LogP contribution in [0.15, 0.2) is 11.1 Å². The number of carbonyl (C=O) groups excluding carboxylic acids is 1. The Balaban J connectivity index is 1.80. The fourth-order valence-electron chi connectivity index (χ4n) is 6.68. The highest BCUT2D eigenvalue weighted by Crippen LogP contribution is 2.47. The van der Waals surface area contributed by atoms with Crippen LogP contribution in [0.25, 0.3) is 0 Å². The van der Waals surface area contributed by atoms with E-state index in [9.17, 15) is 9.59 Å². The van der Waals surface area contributed by atoms with Crippen LogP contribution in [-0.2, 0) is 19.1 Å². The van der Waals surface area contributed by atoms with Crippen molar-refractivity contribution in [3.8, 4) is 0 Å². The fraction of sp³-hybridized carbons (Fsp3) is 0.879. The molecule has 1 aliphatic heterocycles. The molecule has 7 atom stereocenters. The summed E-state index contributed by atoms with van der Waals surface area (Å²) < 4.78 is 12.6. The second kappa shape index (κ2) is 15.4. The van der Waals surface area contributed by atoms with Crippen molar-refractivity contribution in [2.45, 2.75) is 157 Å². The van der Waals surface area contributed by atoms with Crippen molar-refractivity contribution in [2.24, 2.45) is 29.6 Å². The van der Waals surface area contributed by atoms with Crippen LogP contribution in [0.2, 0.25) is 0 Å². The van der Waals surface area contributed by atoms with Crippen LogP contribution in [0.3, 0.4) is 0 Å². The SMILES string of the molecule is CC1=C(C)C2OC(C)(CCCC(C)CCCC(C)CCCC(C)C)CCC2C(C)C1OC(=O)CCC(=O)O. The minimum atomic E-state index is -0.973. The molecule has 7 unspecified atom stereocenters. The van der Waals surface area contributed by atoms with Crippen molar-refractivity contribution >= 4 is 11.9 Å². The molecule has 0 bridgehead atoms. The number of hydrogen-bond donors (Lipinski definition) is 1. The molecule has 5 nitrogen and oxygen atoms in total. The molecule has 1 fully saturated rings. The van der Waals surface area contributed by atoms with E-state index in [0.717, 1.165) is 42.6 Å². The van der Waals surface area contributed by atoms with Gasteiger partial charge in [0.05, 0.1) is 24.5 Å². The maximum Gasteiger partial charge on any atom is 0.306 e. The predicted molar refractivity (Wildman–Crippen MR) is 155 cm³/mol. The van der Waals surface area contributed by atoms with Gasteiger partial charge in [-0.1, -0.05) is 86.0 Å². The monoisotopic (exact) mass is 534 g/mol. The normalized spacial score (nSPS) is 29.2. The van der Waals surface area contributed by atoms with Crippen molar-refractivity contribution < 1.29 is 24.2 Å². The van der Waals surface area contributed by atoms with Crippen LogP contribution in [0.4, 0.5) is 0 Å². The van der Waals surface area contributed by atoms with E-state index in [-0.39, 0.29) is 36.6 Å². The zero-order valence-corrected chi connectivity index (χ0v) is 25.8. The summed E-state index contributed by atoms with van der Waals surface area (Å²) >= 11 is 0.